The minimum atomic E-state index is -0.861. The first-order valence-electron chi connectivity index (χ1n) is 7.57. The highest BCUT2D eigenvalue weighted by atomic mass is 19.1. The first-order chi connectivity index (χ1) is 11.2. The van der Waals surface area contributed by atoms with E-state index in [4.69, 9.17) is 5.73 Å². The maximum absolute atomic E-state index is 13.0. The molecule has 0 aliphatic rings. The average Bonchev–Trinajstić information content (AvgIpc) is 2.52. The van der Waals surface area contributed by atoms with Gasteiger partial charge in [-0.05, 0) is 56.3 Å². The van der Waals surface area contributed by atoms with Crippen LogP contribution < -0.4 is 16.0 Å². The van der Waals surface area contributed by atoms with Crippen LogP contribution in [0.4, 0.5) is 21.5 Å². The maximum atomic E-state index is 13.0. The molecule has 2 rings (SSSR count). The van der Waals surface area contributed by atoms with Crippen molar-refractivity contribution in [1.82, 2.24) is 0 Å². The number of hydrogen-bond acceptors (Lipinski definition) is 4. The van der Waals surface area contributed by atoms with E-state index < -0.39 is 5.60 Å². The highest BCUT2D eigenvalue weighted by Gasteiger charge is 2.16. The molecule has 0 aromatic heterocycles. The summed E-state index contributed by atoms with van der Waals surface area (Å²) < 4.78 is 13.0. The van der Waals surface area contributed by atoms with E-state index in [2.05, 4.69) is 5.32 Å². The molecule has 2 aromatic carbocycles. The Kier molecular flexibility index (Phi) is 5.09. The molecule has 0 unspecified atom stereocenters. The minimum absolute atomic E-state index is 0.258. The minimum Gasteiger partial charge on any atom is -0.397 e. The van der Waals surface area contributed by atoms with Gasteiger partial charge in [0, 0.05) is 24.8 Å². The number of halogens is 1. The first-order valence-corrected chi connectivity index (χ1v) is 7.57. The monoisotopic (exact) mass is 331 g/mol. The lowest BCUT2D eigenvalue weighted by Gasteiger charge is -2.21. The first kappa shape index (κ1) is 17.7. The molecule has 1 amide bonds. The van der Waals surface area contributed by atoms with Crippen LogP contribution in [0.2, 0.25) is 0 Å². The number of nitrogen functional groups attached to an aromatic ring is 1. The Labute approximate surface area is 140 Å². The third kappa shape index (κ3) is 4.45. The summed E-state index contributed by atoms with van der Waals surface area (Å²) in [6, 6.07) is 10.6. The van der Waals surface area contributed by atoms with Gasteiger partial charge in [-0.25, -0.2) is 4.39 Å². The van der Waals surface area contributed by atoms with E-state index in [1.54, 1.807) is 39.1 Å². The topological polar surface area (TPSA) is 78.6 Å². The zero-order valence-electron chi connectivity index (χ0n) is 14.0. The lowest BCUT2D eigenvalue weighted by molar-refractivity contribution is 0.0944. The van der Waals surface area contributed by atoms with Crippen LogP contribution in [0.5, 0.6) is 0 Å². The zero-order valence-corrected chi connectivity index (χ0v) is 14.0. The molecule has 0 aliphatic heterocycles. The Morgan fingerprint density at radius 1 is 1.25 bits per heavy atom. The molecule has 0 spiro atoms. The van der Waals surface area contributed by atoms with Gasteiger partial charge in [0.1, 0.15) is 5.82 Å². The molecular weight excluding hydrogens is 309 g/mol. The molecular formula is C18H22FN3O2. The van der Waals surface area contributed by atoms with E-state index in [0.29, 0.717) is 29.2 Å². The van der Waals surface area contributed by atoms with Gasteiger partial charge >= 0.3 is 0 Å². The van der Waals surface area contributed by atoms with E-state index >= 15 is 0 Å². The van der Waals surface area contributed by atoms with Gasteiger partial charge in [0.2, 0.25) is 0 Å². The third-order valence-electron chi connectivity index (χ3n) is 3.53. The van der Waals surface area contributed by atoms with Crippen molar-refractivity contribution in [1.29, 1.82) is 0 Å². The number of nitrogens with two attached hydrogens (primary N) is 1. The quantitative estimate of drug-likeness (QED) is 0.736. The highest BCUT2D eigenvalue weighted by Crippen LogP contribution is 2.26. The summed E-state index contributed by atoms with van der Waals surface area (Å²) in [5.41, 5.74) is 7.32. The smallest absolute Gasteiger partial charge is 0.258 e. The second-order valence-electron chi connectivity index (χ2n) is 6.31. The Balaban J connectivity index is 2.15. The summed E-state index contributed by atoms with van der Waals surface area (Å²) in [6.07, 6.45) is 0. The van der Waals surface area contributed by atoms with Crippen LogP contribution in [-0.2, 0) is 0 Å². The fourth-order valence-corrected chi connectivity index (χ4v) is 2.13. The summed E-state index contributed by atoms with van der Waals surface area (Å²) in [5.74, 6) is -0.646. The average molecular weight is 331 g/mol. The van der Waals surface area contributed by atoms with E-state index in [-0.39, 0.29) is 11.7 Å². The molecule has 0 bridgehead atoms. The summed E-state index contributed by atoms with van der Waals surface area (Å²) in [7, 11) is 1.63. The standard InChI is InChI=1S/C18H22FN3O2/c1-18(2,24)11-21-16-9-8-14(10-15(16)20)22(3)17(23)12-4-6-13(19)7-5-12/h4-10,21,24H,11,20H2,1-3H3. The Hall–Kier alpha value is -2.60. The van der Waals surface area contributed by atoms with Crippen LogP contribution in [0.25, 0.3) is 0 Å². The lowest BCUT2D eigenvalue weighted by atomic mass is 10.1. The fraction of sp³-hybridized carbons (Fsp3) is 0.278. The van der Waals surface area contributed by atoms with Crippen LogP contribution in [0.1, 0.15) is 24.2 Å². The van der Waals surface area contributed by atoms with Gasteiger partial charge in [0.05, 0.1) is 17.0 Å². The number of anilines is 3. The lowest BCUT2D eigenvalue weighted by Crippen LogP contribution is -2.29. The second-order valence-corrected chi connectivity index (χ2v) is 6.31. The van der Waals surface area contributed by atoms with Crippen LogP contribution in [0.3, 0.4) is 0 Å². The van der Waals surface area contributed by atoms with Gasteiger partial charge in [-0.1, -0.05) is 0 Å². The van der Waals surface area contributed by atoms with Gasteiger partial charge in [0.15, 0.2) is 0 Å². The van der Waals surface area contributed by atoms with Gasteiger partial charge in [-0.15, -0.1) is 0 Å². The molecule has 0 saturated heterocycles. The number of hydrogen-bond donors (Lipinski definition) is 3. The molecule has 2 aromatic rings. The predicted molar refractivity (Wildman–Crippen MR) is 94.8 cm³/mol. The number of nitrogens with zero attached hydrogens (tertiary/aromatic N) is 1. The predicted octanol–water partition coefficient (Wildman–Crippen LogP) is 2.87. The number of aliphatic hydroxyl groups is 1. The number of carbonyl (C=O) groups is 1. The number of amides is 1. The van der Waals surface area contributed by atoms with E-state index in [9.17, 15) is 14.3 Å². The van der Waals surface area contributed by atoms with Crippen molar-refractivity contribution in [3.63, 3.8) is 0 Å². The van der Waals surface area contributed by atoms with E-state index in [0.717, 1.165) is 0 Å². The summed E-state index contributed by atoms with van der Waals surface area (Å²) >= 11 is 0. The number of rotatable bonds is 5. The van der Waals surface area contributed by atoms with E-state index in [1.807, 2.05) is 0 Å². The molecule has 0 saturated carbocycles. The van der Waals surface area contributed by atoms with Crippen LogP contribution in [0.15, 0.2) is 42.5 Å². The van der Waals surface area contributed by atoms with Crippen molar-refractivity contribution in [2.24, 2.45) is 0 Å². The zero-order chi connectivity index (χ0) is 17.9. The summed E-state index contributed by atoms with van der Waals surface area (Å²) in [4.78, 5) is 13.9. The fourth-order valence-electron chi connectivity index (χ4n) is 2.13. The van der Waals surface area contributed by atoms with Crippen molar-refractivity contribution in [2.75, 3.05) is 29.5 Å². The normalized spacial score (nSPS) is 11.2. The van der Waals surface area contributed by atoms with Crippen molar-refractivity contribution in [2.45, 2.75) is 19.4 Å². The Bertz CT molecular complexity index is 724. The van der Waals surface area contributed by atoms with Gasteiger partial charge < -0.3 is 21.1 Å². The molecule has 0 atom stereocenters. The molecule has 128 valence electrons. The van der Waals surface area contributed by atoms with Crippen LogP contribution in [-0.4, -0.2) is 30.2 Å². The molecule has 6 heteroatoms. The van der Waals surface area contributed by atoms with Crippen molar-refractivity contribution in [3.05, 3.63) is 53.8 Å². The van der Waals surface area contributed by atoms with Gasteiger partial charge in [0.25, 0.3) is 5.91 Å². The molecule has 0 fully saturated rings. The molecule has 24 heavy (non-hydrogen) atoms. The van der Waals surface area contributed by atoms with Gasteiger partial charge in [-0.3, -0.25) is 4.79 Å². The number of nitrogens with one attached hydrogen (secondary N) is 1. The Morgan fingerprint density at radius 2 is 1.88 bits per heavy atom. The highest BCUT2D eigenvalue weighted by molar-refractivity contribution is 6.06. The van der Waals surface area contributed by atoms with Gasteiger partial charge in [-0.2, -0.15) is 0 Å². The molecule has 0 heterocycles. The number of carbonyl (C=O) groups excluding carboxylic acids is 1. The maximum Gasteiger partial charge on any atom is 0.258 e. The summed E-state index contributed by atoms with van der Waals surface area (Å²) in [6.45, 7) is 3.74. The largest absolute Gasteiger partial charge is 0.397 e. The van der Waals surface area contributed by atoms with Crippen LogP contribution >= 0.6 is 0 Å². The molecule has 0 aliphatic carbocycles. The second kappa shape index (κ2) is 6.88. The summed E-state index contributed by atoms with van der Waals surface area (Å²) in [5, 5.41) is 12.8. The van der Waals surface area contributed by atoms with Crippen LogP contribution in [0, 0.1) is 5.82 Å². The molecule has 0 radical (unpaired) electrons. The Morgan fingerprint density at radius 3 is 2.42 bits per heavy atom. The number of benzene rings is 2. The third-order valence-corrected chi connectivity index (χ3v) is 3.53. The van der Waals surface area contributed by atoms with E-state index in [1.165, 1.54) is 29.2 Å². The SMILES string of the molecule is CN(C(=O)c1ccc(F)cc1)c1ccc(NCC(C)(C)O)c(N)c1. The van der Waals surface area contributed by atoms with Crippen molar-refractivity contribution < 1.29 is 14.3 Å². The van der Waals surface area contributed by atoms with Crippen molar-refractivity contribution in [3.8, 4) is 0 Å². The molecule has 4 N–H and O–H groups in total. The van der Waals surface area contributed by atoms with Crippen molar-refractivity contribution >= 4 is 23.0 Å². The molecule has 5 nitrogen and oxygen atoms in total.